The molecule has 0 atom stereocenters. The van der Waals surface area contributed by atoms with Crippen molar-refractivity contribution in [1.82, 2.24) is 0 Å². The van der Waals surface area contributed by atoms with Crippen molar-refractivity contribution in [2.75, 3.05) is 19.8 Å². The highest BCUT2D eigenvalue weighted by molar-refractivity contribution is 5.87. The Bertz CT molecular complexity index is 173. The fourth-order valence-electron chi connectivity index (χ4n) is 0.558. The number of hydrogen-bond donors (Lipinski definition) is 0. The second-order valence-corrected chi connectivity index (χ2v) is 2.13. The second-order valence-electron chi connectivity index (χ2n) is 2.13. The number of esters is 1. The monoisotopic (exact) mass is 170 g/mol. The Kier molecular flexibility index (Phi) is 6.01. The van der Waals surface area contributed by atoms with Gasteiger partial charge in [-0.2, -0.15) is 0 Å². The smallest absolute Gasteiger partial charge is 0.335 e. The first-order valence-corrected chi connectivity index (χ1v) is 3.75. The van der Waals surface area contributed by atoms with Gasteiger partial charge in [0.25, 0.3) is 0 Å². The SMILES string of the molecule is C=CCOCC(=C)C(=O)OCC. The van der Waals surface area contributed by atoms with E-state index in [9.17, 15) is 4.79 Å². The second kappa shape index (κ2) is 6.61. The van der Waals surface area contributed by atoms with E-state index in [0.717, 1.165) is 0 Å². The normalized spacial score (nSPS) is 9.08. The van der Waals surface area contributed by atoms with Gasteiger partial charge in [0, 0.05) is 0 Å². The van der Waals surface area contributed by atoms with Crippen LogP contribution in [0.3, 0.4) is 0 Å². The molecule has 3 nitrogen and oxygen atoms in total. The van der Waals surface area contributed by atoms with Gasteiger partial charge in [-0.25, -0.2) is 4.79 Å². The molecule has 0 spiro atoms. The van der Waals surface area contributed by atoms with E-state index in [4.69, 9.17) is 9.47 Å². The number of carbonyl (C=O) groups excluding carboxylic acids is 1. The van der Waals surface area contributed by atoms with Gasteiger partial charge < -0.3 is 9.47 Å². The van der Waals surface area contributed by atoms with Crippen LogP contribution in [0.4, 0.5) is 0 Å². The summed E-state index contributed by atoms with van der Waals surface area (Å²) in [7, 11) is 0. The molecule has 0 aromatic rings. The summed E-state index contributed by atoms with van der Waals surface area (Å²) in [5.74, 6) is -0.401. The van der Waals surface area contributed by atoms with Crippen LogP contribution in [0.1, 0.15) is 6.92 Å². The number of carbonyl (C=O) groups is 1. The zero-order valence-electron chi connectivity index (χ0n) is 7.34. The van der Waals surface area contributed by atoms with E-state index in [0.29, 0.717) is 18.8 Å². The lowest BCUT2D eigenvalue weighted by Gasteiger charge is -2.04. The maximum absolute atomic E-state index is 10.9. The highest BCUT2D eigenvalue weighted by atomic mass is 16.5. The molecule has 0 fully saturated rings. The molecule has 0 radical (unpaired) electrons. The van der Waals surface area contributed by atoms with Crippen molar-refractivity contribution < 1.29 is 14.3 Å². The molecular formula is C9H14O3. The molecule has 0 bridgehead atoms. The first-order valence-electron chi connectivity index (χ1n) is 3.75. The fourth-order valence-corrected chi connectivity index (χ4v) is 0.558. The van der Waals surface area contributed by atoms with Crippen LogP contribution < -0.4 is 0 Å². The van der Waals surface area contributed by atoms with E-state index in [1.54, 1.807) is 13.0 Å². The Morgan fingerprint density at radius 1 is 1.58 bits per heavy atom. The maximum Gasteiger partial charge on any atom is 0.335 e. The van der Waals surface area contributed by atoms with Crippen LogP contribution in [0.2, 0.25) is 0 Å². The summed E-state index contributed by atoms with van der Waals surface area (Å²) in [6.45, 7) is 9.70. The number of hydrogen-bond acceptors (Lipinski definition) is 3. The van der Waals surface area contributed by atoms with Gasteiger partial charge in [-0.3, -0.25) is 0 Å². The van der Waals surface area contributed by atoms with Crippen LogP contribution in [0, 0.1) is 0 Å². The average molecular weight is 170 g/mol. The molecule has 0 aliphatic carbocycles. The zero-order valence-corrected chi connectivity index (χ0v) is 7.34. The van der Waals surface area contributed by atoms with Gasteiger partial charge in [0.1, 0.15) is 0 Å². The van der Waals surface area contributed by atoms with Gasteiger partial charge >= 0.3 is 5.97 Å². The lowest BCUT2D eigenvalue weighted by molar-refractivity contribution is -0.139. The van der Waals surface area contributed by atoms with Crippen molar-refractivity contribution in [3.05, 3.63) is 24.8 Å². The van der Waals surface area contributed by atoms with Gasteiger partial charge in [-0.05, 0) is 6.92 Å². The van der Waals surface area contributed by atoms with Crippen molar-refractivity contribution in [3.63, 3.8) is 0 Å². The highest BCUT2D eigenvalue weighted by Gasteiger charge is 2.06. The number of rotatable bonds is 6. The molecule has 0 N–H and O–H groups in total. The first-order chi connectivity index (χ1) is 5.72. The average Bonchev–Trinajstić information content (AvgIpc) is 2.05. The molecule has 0 saturated carbocycles. The standard InChI is InChI=1S/C9H14O3/c1-4-6-11-7-8(3)9(10)12-5-2/h4H,1,3,5-7H2,2H3. The molecule has 0 heterocycles. The molecule has 0 rings (SSSR count). The summed E-state index contributed by atoms with van der Waals surface area (Å²) in [5.41, 5.74) is 0.332. The van der Waals surface area contributed by atoms with Crippen molar-refractivity contribution in [2.45, 2.75) is 6.92 Å². The summed E-state index contributed by atoms with van der Waals surface area (Å²) in [6.07, 6.45) is 1.61. The molecule has 0 amide bonds. The zero-order chi connectivity index (χ0) is 9.40. The lowest BCUT2D eigenvalue weighted by Crippen LogP contribution is -2.11. The Morgan fingerprint density at radius 3 is 2.75 bits per heavy atom. The van der Waals surface area contributed by atoms with Crippen molar-refractivity contribution in [1.29, 1.82) is 0 Å². The van der Waals surface area contributed by atoms with Crippen molar-refractivity contribution >= 4 is 5.97 Å². The maximum atomic E-state index is 10.9. The van der Waals surface area contributed by atoms with E-state index in [1.165, 1.54) is 0 Å². The Hall–Kier alpha value is -1.09. The molecule has 0 saturated heterocycles. The summed E-state index contributed by atoms with van der Waals surface area (Å²) in [5, 5.41) is 0. The fraction of sp³-hybridized carbons (Fsp3) is 0.444. The van der Waals surface area contributed by atoms with E-state index in [1.807, 2.05) is 0 Å². The molecule has 3 heteroatoms. The summed E-state index contributed by atoms with van der Waals surface area (Å²) in [6, 6.07) is 0. The third-order valence-corrected chi connectivity index (χ3v) is 1.08. The molecule has 0 aromatic carbocycles. The van der Waals surface area contributed by atoms with E-state index in [2.05, 4.69) is 13.2 Å². The molecule has 0 aliphatic heterocycles. The molecule has 0 aromatic heterocycles. The lowest BCUT2D eigenvalue weighted by atomic mass is 10.3. The Morgan fingerprint density at radius 2 is 2.25 bits per heavy atom. The third-order valence-electron chi connectivity index (χ3n) is 1.08. The molecule has 0 unspecified atom stereocenters. The quantitative estimate of drug-likeness (QED) is 0.261. The van der Waals surface area contributed by atoms with Crippen LogP contribution >= 0.6 is 0 Å². The van der Waals surface area contributed by atoms with Crippen LogP contribution in [0.15, 0.2) is 24.8 Å². The number of ether oxygens (including phenoxy) is 2. The highest BCUT2D eigenvalue weighted by Crippen LogP contribution is 1.95. The molecular weight excluding hydrogens is 156 g/mol. The van der Waals surface area contributed by atoms with Crippen molar-refractivity contribution in [3.8, 4) is 0 Å². The minimum absolute atomic E-state index is 0.199. The van der Waals surface area contributed by atoms with Gasteiger partial charge in [0.2, 0.25) is 0 Å². The Balaban J connectivity index is 3.57. The van der Waals surface area contributed by atoms with E-state index < -0.39 is 5.97 Å². The van der Waals surface area contributed by atoms with Crippen LogP contribution in [-0.2, 0) is 14.3 Å². The summed E-state index contributed by atoms with van der Waals surface area (Å²) < 4.78 is 9.68. The molecule has 12 heavy (non-hydrogen) atoms. The largest absolute Gasteiger partial charge is 0.463 e. The Labute approximate surface area is 72.7 Å². The minimum Gasteiger partial charge on any atom is -0.463 e. The molecule has 0 aliphatic rings. The van der Waals surface area contributed by atoms with E-state index in [-0.39, 0.29) is 6.61 Å². The van der Waals surface area contributed by atoms with Gasteiger partial charge in [0.05, 0.1) is 25.4 Å². The van der Waals surface area contributed by atoms with Crippen LogP contribution in [0.25, 0.3) is 0 Å². The minimum atomic E-state index is -0.401. The summed E-state index contributed by atoms with van der Waals surface area (Å²) >= 11 is 0. The summed E-state index contributed by atoms with van der Waals surface area (Å²) in [4.78, 5) is 10.9. The third kappa shape index (κ3) is 4.68. The topological polar surface area (TPSA) is 35.5 Å². The first kappa shape index (κ1) is 10.9. The predicted octanol–water partition coefficient (Wildman–Crippen LogP) is 1.31. The predicted molar refractivity (Wildman–Crippen MR) is 46.8 cm³/mol. The van der Waals surface area contributed by atoms with Crippen LogP contribution in [0.5, 0.6) is 0 Å². The van der Waals surface area contributed by atoms with Crippen LogP contribution in [-0.4, -0.2) is 25.8 Å². The van der Waals surface area contributed by atoms with Gasteiger partial charge in [-0.1, -0.05) is 12.7 Å². The van der Waals surface area contributed by atoms with Gasteiger partial charge in [-0.15, -0.1) is 6.58 Å². The van der Waals surface area contributed by atoms with E-state index >= 15 is 0 Å². The van der Waals surface area contributed by atoms with Crippen molar-refractivity contribution in [2.24, 2.45) is 0 Å². The molecule has 68 valence electrons. The van der Waals surface area contributed by atoms with Gasteiger partial charge in [0.15, 0.2) is 0 Å².